The number of hydrogen-bond acceptors (Lipinski definition) is 13. The first-order valence-electron chi connectivity index (χ1n) is 13.0. The van der Waals surface area contributed by atoms with Gasteiger partial charge in [0.05, 0.1) is 6.33 Å². The van der Waals surface area contributed by atoms with Crippen LogP contribution in [0.3, 0.4) is 0 Å². The predicted octanol–water partition coefficient (Wildman–Crippen LogP) is 1.14. The van der Waals surface area contributed by atoms with Crippen LogP contribution in [0.4, 0.5) is 11.9 Å². The summed E-state index contributed by atoms with van der Waals surface area (Å²) in [6.07, 6.45) is 4.53. The van der Waals surface area contributed by atoms with E-state index in [0.29, 0.717) is 31.4 Å². The highest BCUT2D eigenvalue weighted by Gasteiger charge is 2.60. The van der Waals surface area contributed by atoms with Gasteiger partial charge in [0.1, 0.15) is 31.0 Å². The second kappa shape index (κ2) is 11.2. The minimum Gasteiger partial charge on any atom is -0.460 e. The van der Waals surface area contributed by atoms with Crippen LogP contribution in [-0.4, -0.2) is 98.2 Å². The third kappa shape index (κ3) is 6.50. The molecule has 0 bridgehead atoms. The van der Waals surface area contributed by atoms with Crippen LogP contribution in [0.15, 0.2) is 18.7 Å². The van der Waals surface area contributed by atoms with E-state index in [9.17, 15) is 0 Å². The predicted molar refractivity (Wildman–Crippen MR) is 133 cm³/mol. The van der Waals surface area contributed by atoms with Gasteiger partial charge in [-0.05, 0) is 40.5 Å². The van der Waals surface area contributed by atoms with Crippen LogP contribution in [0.5, 0.6) is 6.01 Å². The Morgan fingerprint density at radius 1 is 0.921 bits per heavy atom. The third-order valence-corrected chi connectivity index (χ3v) is 6.30. The summed E-state index contributed by atoms with van der Waals surface area (Å²) < 4.78 is 38.6. The number of aromatic nitrogens is 5. The van der Waals surface area contributed by atoms with Gasteiger partial charge >= 0.3 is 6.01 Å². The zero-order valence-corrected chi connectivity index (χ0v) is 22.2. The highest BCUT2D eigenvalue weighted by molar-refractivity contribution is 5.35. The molecule has 2 aromatic rings. The Hall–Kier alpha value is -2.62. The summed E-state index contributed by atoms with van der Waals surface area (Å²) >= 11 is 0. The topological polar surface area (TPSA) is 156 Å². The van der Waals surface area contributed by atoms with Crippen molar-refractivity contribution < 1.29 is 33.5 Å². The molecule has 3 aliphatic heterocycles. The van der Waals surface area contributed by atoms with E-state index in [1.165, 1.54) is 0 Å². The van der Waals surface area contributed by atoms with Crippen molar-refractivity contribution in [3.8, 4) is 6.01 Å². The monoisotopic (exact) mass is 535 g/mol. The summed E-state index contributed by atoms with van der Waals surface area (Å²) in [5.74, 6) is -0.871. The minimum atomic E-state index is -0.799. The van der Waals surface area contributed by atoms with Crippen LogP contribution >= 0.6 is 0 Å². The van der Waals surface area contributed by atoms with Crippen molar-refractivity contribution in [3.05, 3.63) is 18.7 Å². The summed E-state index contributed by atoms with van der Waals surface area (Å²) in [6.45, 7) is 9.54. The Bertz CT molecular complexity index is 1050. The van der Waals surface area contributed by atoms with Crippen LogP contribution in [0, 0.1) is 0 Å². The van der Waals surface area contributed by atoms with E-state index in [1.54, 1.807) is 12.5 Å². The molecule has 5 atom stereocenters. The molecule has 5 heterocycles. The largest absolute Gasteiger partial charge is 0.460 e. The second-order valence-corrected chi connectivity index (χ2v) is 10.4. The number of anilines is 2. The van der Waals surface area contributed by atoms with E-state index in [-0.39, 0.29) is 25.3 Å². The average molecular weight is 536 g/mol. The molecular formula is C24H37N7O7. The quantitative estimate of drug-likeness (QED) is 0.333. The van der Waals surface area contributed by atoms with Gasteiger partial charge in [0.15, 0.2) is 17.9 Å². The third-order valence-electron chi connectivity index (χ3n) is 6.30. The standard InChI is InChI=1S/C24H37N7O7/c1-23(2)35-16-15(34-19-18(17(16)36-23)37-24(3,4)38-19)13-33-22-29-20(28-21(30-22)27-8-6-12-32)26-7-5-10-31-11-9-25-14-31/h9,11,14-19,32H,5-8,10,12-13H2,1-4H3,(H2,26,27,28,29,30)/t15-,16+,17+,18-,19-/m1/s1. The SMILES string of the molecule is CC1(C)O[C@H]2[C@@H](O1)[C@@H](COc1nc(NCCCO)nc(NCCCn3ccnc3)n1)O[C@@H]1OC(C)(C)O[C@@H]12. The molecule has 3 N–H and O–H groups in total. The fourth-order valence-corrected chi connectivity index (χ4v) is 4.72. The number of nitrogens with zero attached hydrogens (tertiary/aromatic N) is 5. The summed E-state index contributed by atoms with van der Waals surface area (Å²) in [7, 11) is 0. The van der Waals surface area contributed by atoms with Crippen molar-refractivity contribution in [3.63, 3.8) is 0 Å². The maximum Gasteiger partial charge on any atom is 0.323 e. The van der Waals surface area contributed by atoms with E-state index in [1.807, 2.05) is 38.5 Å². The Morgan fingerprint density at radius 3 is 2.32 bits per heavy atom. The van der Waals surface area contributed by atoms with Gasteiger partial charge in [0.2, 0.25) is 11.9 Å². The molecule has 0 spiro atoms. The number of fused-ring (bicyclic) bond motifs is 3. The van der Waals surface area contributed by atoms with Crippen LogP contribution in [0.1, 0.15) is 40.5 Å². The maximum absolute atomic E-state index is 9.12. The molecule has 0 amide bonds. The summed E-state index contributed by atoms with van der Waals surface area (Å²) in [5.41, 5.74) is 0. The Labute approximate surface area is 221 Å². The second-order valence-electron chi connectivity index (χ2n) is 10.4. The average Bonchev–Trinajstić information content (AvgIpc) is 3.56. The lowest BCUT2D eigenvalue weighted by atomic mass is 9.99. The Morgan fingerprint density at radius 2 is 1.61 bits per heavy atom. The number of nitrogens with one attached hydrogen (secondary N) is 2. The van der Waals surface area contributed by atoms with Gasteiger partial charge in [0, 0.05) is 38.6 Å². The van der Waals surface area contributed by atoms with Crippen LogP contribution in [-0.2, 0) is 30.2 Å². The molecule has 5 rings (SSSR count). The van der Waals surface area contributed by atoms with E-state index < -0.39 is 36.2 Å². The molecule has 14 heteroatoms. The molecule has 0 radical (unpaired) electrons. The summed E-state index contributed by atoms with van der Waals surface area (Å²) in [4.78, 5) is 17.3. The summed E-state index contributed by atoms with van der Waals surface area (Å²) in [5, 5.41) is 15.4. The van der Waals surface area contributed by atoms with Gasteiger partial charge in [0.25, 0.3) is 0 Å². The van der Waals surface area contributed by atoms with Crippen molar-refractivity contribution in [2.45, 2.75) is 89.4 Å². The van der Waals surface area contributed by atoms with E-state index in [2.05, 4.69) is 30.6 Å². The Kier molecular flexibility index (Phi) is 7.98. The van der Waals surface area contributed by atoms with Gasteiger partial charge in [-0.3, -0.25) is 0 Å². The van der Waals surface area contributed by atoms with Gasteiger partial charge in [-0.1, -0.05) is 0 Å². The van der Waals surface area contributed by atoms with E-state index in [4.69, 9.17) is 33.5 Å². The number of rotatable bonds is 12. The number of hydrogen-bond donors (Lipinski definition) is 3. The molecule has 0 aromatic carbocycles. The Balaban J connectivity index is 1.25. The fraction of sp³-hybridized carbons (Fsp3) is 0.750. The number of aliphatic hydroxyl groups excluding tert-OH is 1. The molecule has 14 nitrogen and oxygen atoms in total. The maximum atomic E-state index is 9.12. The lowest BCUT2D eigenvalue weighted by molar-refractivity contribution is -0.238. The lowest BCUT2D eigenvalue weighted by Crippen LogP contribution is -2.56. The van der Waals surface area contributed by atoms with Crippen molar-refractivity contribution >= 4 is 11.9 Å². The molecule has 3 saturated heterocycles. The molecule has 0 unspecified atom stereocenters. The number of aryl methyl sites for hydroxylation is 1. The fourth-order valence-electron chi connectivity index (χ4n) is 4.72. The van der Waals surface area contributed by atoms with Crippen molar-refractivity contribution in [2.24, 2.45) is 0 Å². The summed E-state index contributed by atoms with van der Waals surface area (Å²) in [6, 6.07) is 0.132. The van der Waals surface area contributed by atoms with Crippen molar-refractivity contribution in [1.29, 1.82) is 0 Å². The highest BCUT2D eigenvalue weighted by atomic mass is 16.9. The molecule has 2 aromatic heterocycles. The molecule has 210 valence electrons. The number of aliphatic hydroxyl groups is 1. The smallest absolute Gasteiger partial charge is 0.323 e. The van der Waals surface area contributed by atoms with Crippen LogP contribution in [0.25, 0.3) is 0 Å². The first kappa shape index (κ1) is 27.0. The highest BCUT2D eigenvalue weighted by Crippen LogP contribution is 2.44. The van der Waals surface area contributed by atoms with Gasteiger partial charge in [-0.25, -0.2) is 4.98 Å². The molecular weight excluding hydrogens is 498 g/mol. The van der Waals surface area contributed by atoms with Crippen molar-refractivity contribution in [2.75, 3.05) is 36.9 Å². The zero-order valence-electron chi connectivity index (χ0n) is 22.2. The van der Waals surface area contributed by atoms with Crippen molar-refractivity contribution in [1.82, 2.24) is 24.5 Å². The molecule has 38 heavy (non-hydrogen) atoms. The van der Waals surface area contributed by atoms with E-state index in [0.717, 1.165) is 13.0 Å². The van der Waals surface area contributed by atoms with Gasteiger partial charge < -0.3 is 48.7 Å². The zero-order chi connectivity index (χ0) is 26.8. The first-order chi connectivity index (χ1) is 18.2. The number of ether oxygens (including phenoxy) is 6. The first-order valence-corrected chi connectivity index (χ1v) is 13.0. The van der Waals surface area contributed by atoms with E-state index >= 15 is 0 Å². The normalized spacial score (nSPS) is 29.0. The molecule has 0 aliphatic carbocycles. The van der Waals surface area contributed by atoms with Gasteiger partial charge in [-0.15, -0.1) is 0 Å². The lowest BCUT2D eigenvalue weighted by Gasteiger charge is -2.36. The molecule has 3 aliphatic rings. The van der Waals surface area contributed by atoms with Crippen LogP contribution < -0.4 is 15.4 Å². The molecule has 0 saturated carbocycles. The van der Waals surface area contributed by atoms with Crippen LogP contribution in [0.2, 0.25) is 0 Å². The molecule has 3 fully saturated rings. The number of imidazole rings is 1. The van der Waals surface area contributed by atoms with Gasteiger partial charge in [-0.2, -0.15) is 15.0 Å². The minimum absolute atomic E-state index is 0.0611.